The molecule has 0 aliphatic heterocycles. The van der Waals surface area contributed by atoms with Crippen molar-refractivity contribution in [3.63, 3.8) is 0 Å². The first-order valence-corrected chi connectivity index (χ1v) is 4.36. The van der Waals surface area contributed by atoms with Gasteiger partial charge in [0.2, 0.25) is 0 Å². The Morgan fingerprint density at radius 2 is 2.31 bits per heavy atom. The van der Waals surface area contributed by atoms with Crippen molar-refractivity contribution in [3.8, 4) is 11.5 Å². The van der Waals surface area contributed by atoms with Crippen LogP contribution in [0, 0.1) is 0 Å². The third kappa shape index (κ3) is 1.70. The topological polar surface area (TPSA) is 51.8 Å². The molecule has 0 spiro atoms. The lowest BCUT2D eigenvalue weighted by Crippen LogP contribution is -1.80. The Morgan fingerprint density at radius 3 is 2.92 bits per heavy atom. The highest BCUT2D eigenvalue weighted by Gasteiger charge is 2.05. The van der Waals surface area contributed by atoms with Gasteiger partial charge in [-0.3, -0.25) is 4.98 Å². The molecule has 0 saturated carbocycles. The highest BCUT2D eigenvalue weighted by atomic mass is 32.1. The molecule has 2 rings (SSSR count). The summed E-state index contributed by atoms with van der Waals surface area (Å²) in [6.07, 6.45) is 4.85. The Hall–Kier alpha value is -1.36. The number of rotatable bonds is 2. The van der Waals surface area contributed by atoms with Crippen molar-refractivity contribution in [3.05, 3.63) is 30.4 Å². The summed E-state index contributed by atoms with van der Waals surface area (Å²) in [6, 6.07) is 1.80. The second-order valence-electron chi connectivity index (χ2n) is 2.43. The number of hydrogen-bond donors (Lipinski definition) is 1. The standard InChI is InChI=1S/C8H7N3OS/c13-5-6-3-8(12-11-6)7-4-9-1-2-10-7/h1-4,13H,5H2. The number of aromatic nitrogens is 3. The molecule has 0 saturated heterocycles. The SMILES string of the molecule is SCc1cc(-c2cnccn2)on1. The molecule has 2 heterocycles. The van der Waals surface area contributed by atoms with Crippen molar-refractivity contribution < 1.29 is 4.52 Å². The van der Waals surface area contributed by atoms with E-state index in [0.717, 1.165) is 5.69 Å². The molecule has 2 aromatic heterocycles. The average molecular weight is 193 g/mol. The van der Waals surface area contributed by atoms with E-state index in [1.165, 1.54) is 0 Å². The fourth-order valence-electron chi connectivity index (χ4n) is 0.933. The van der Waals surface area contributed by atoms with E-state index < -0.39 is 0 Å². The smallest absolute Gasteiger partial charge is 0.187 e. The predicted octanol–water partition coefficient (Wildman–Crippen LogP) is 1.56. The fourth-order valence-corrected chi connectivity index (χ4v) is 1.08. The minimum atomic E-state index is 0.559. The van der Waals surface area contributed by atoms with Crippen LogP contribution in [0.5, 0.6) is 0 Å². The van der Waals surface area contributed by atoms with Gasteiger partial charge in [0.15, 0.2) is 5.76 Å². The van der Waals surface area contributed by atoms with Crippen molar-refractivity contribution in [1.82, 2.24) is 15.1 Å². The summed E-state index contributed by atoms with van der Waals surface area (Å²) in [7, 11) is 0. The Kier molecular flexibility index (Phi) is 2.27. The van der Waals surface area contributed by atoms with Gasteiger partial charge in [0.05, 0.1) is 11.9 Å². The first-order chi connectivity index (χ1) is 6.40. The van der Waals surface area contributed by atoms with Crippen molar-refractivity contribution in [1.29, 1.82) is 0 Å². The van der Waals surface area contributed by atoms with Crippen molar-refractivity contribution in [2.45, 2.75) is 5.75 Å². The minimum Gasteiger partial charge on any atom is -0.354 e. The largest absolute Gasteiger partial charge is 0.354 e. The molecule has 66 valence electrons. The van der Waals surface area contributed by atoms with Crippen LogP contribution in [0.1, 0.15) is 5.69 Å². The molecule has 2 aromatic rings. The van der Waals surface area contributed by atoms with Crippen LogP contribution < -0.4 is 0 Å². The summed E-state index contributed by atoms with van der Waals surface area (Å²) in [5, 5.41) is 3.79. The highest BCUT2D eigenvalue weighted by molar-refractivity contribution is 7.79. The van der Waals surface area contributed by atoms with Gasteiger partial charge >= 0.3 is 0 Å². The summed E-state index contributed by atoms with van der Waals surface area (Å²) < 4.78 is 5.04. The van der Waals surface area contributed by atoms with Gasteiger partial charge in [-0.1, -0.05) is 5.16 Å². The number of nitrogens with zero attached hydrogens (tertiary/aromatic N) is 3. The maximum Gasteiger partial charge on any atom is 0.187 e. The second kappa shape index (κ2) is 3.57. The summed E-state index contributed by atoms with van der Waals surface area (Å²) in [6.45, 7) is 0. The molecule has 0 atom stereocenters. The van der Waals surface area contributed by atoms with E-state index in [1.807, 2.05) is 0 Å². The molecule has 0 N–H and O–H groups in total. The zero-order valence-electron chi connectivity index (χ0n) is 6.71. The first-order valence-electron chi connectivity index (χ1n) is 3.73. The van der Waals surface area contributed by atoms with Gasteiger partial charge in [0.25, 0.3) is 0 Å². The molecule has 4 nitrogen and oxygen atoms in total. The molecular weight excluding hydrogens is 186 g/mol. The van der Waals surface area contributed by atoms with Gasteiger partial charge in [-0.2, -0.15) is 12.6 Å². The Balaban J connectivity index is 2.36. The zero-order chi connectivity index (χ0) is 9.10. The van der Waals surface area contributed by atoms with Crippen LogP contribution in [0.25, 0.3) is 11.5 Å². The maximum absolute atomic E-state index is 5.04. The van der Waals surface area contributed by atoms with Crippen molar-refractivity contribution in [2.75, 3.05) is 0 Å². The first kappa shape index (κ1) is 8.25. The molecule has 13 heavy (non-hydrogen) atoms. The van der Waals surface area contributed by atoms with Crippen LogP contribution in [0.15, 0.2) is 29.2 Å². The van der Waals surface area contributed by atoms with Crippen molar-refractivity contribution in [2.24, 2.45) is 0 Å². The normalized spacial score (nSPS) is 10.2. The maximum atomic E-state index is 5.04. The van der Waals surface area contributed by atoms with E-state index in [0.29, 0.717) is 17.2 Å². The Labute approximate surface area is 80.4 Å². The molecule has 0 aromatic carbocycles. The zero-order valence-corrected chi connectivity index (χ0v) is 7.61. The average Bonchev–Trinajstić information content (AvgIpc) is 2.67. The van der Waals surface area contributed by atoms with E-state index in [1.54, 1.807) is 24.7 Å². The molecule has 5 heteroatoms. The molecular formula is C8H7N3OS. The van der Waals surface area contributed by atoms with E-state index in [9.17, 15) is 0 Å². The highest BCUT2D eigenvalue weighted by Crippen LogP contribution is 2.16. The number of thiol groups is 1. The Bertz CT molecular complexity index is 387. The molecule has 0 aliphatic rings. The molecule has 0 amide bonds. The lowest BCUT2D eigenvalue weighted by atomic mass is 10.3. The molecule has 0 aliphatic carbocycles. The molecule has 0 bridgehead atoms. The van der Waals surface area contributed by atoms with Gasteiger partial charge in [-0.15, -0.1) is 0 Å². The predicted molar refractivity (Wildman–Crippen MR) is 50.2 cm³/mol. The van der Waals surface area contributed by atoms with Crippen LogP contribution in [-0.4, -0.2) is 15.1 Å². The molecule has 0 unspecified atom stereocenters. The lowest BCUT2D eigenvalue weighted by molar-refractivity contribution is 0.425. The van der Waals surface area contributed by atoms with Gasteiger partial charge in [-0.25, -0.2) is 4.98 Å². The molecule has 0 radical (unpaired) electrons. The minimum absolute atomic E-state index is 0.559. The second-order valence-corrected chi connectivity index (χ2v) is 2.75. The van der Waals surface area contributed by atoms with E-state index in [-0.39, 0.29) is 0 Å². The lowest BCUT2D eigenvalue weighted by Gasteiger charge is -1.89. The third-order valence-electron chi connectivity index (χ3n) is 1.54. The van der Waals surface area contributed by atoms with E-state index in [4.69, 9.17) is 4.52 Å². The summed E-state index contributed by atoms with van der Waals surface area (Å²) in [5.41, 5.74) is 1.48. The van der Waals surface area contributed by atoms with Crippen LogP contribution in [-0.2, 0) is 5.75 Å². The van der Waals surface area contributed by atoms with Gasteiger partial charge < -0.3 is 4.52 Å². The van der Waals surface area contributed by atoms with Crippen LogP contribution in [0.2, 0.25) is 0 Å². The van der Waals surface area contributed by atoms with Gasteiger partial charge in [0, 0.05) is 24.2 Å². The van der Waals surface area contributed by atoms with E-state index >= 15 is 0 Å². The molecule has 0 fully saturated rings. The summed E-state index contributed by atoms with van der Waals surface area (Å²) in [4.78, 5) is 8.00. The fraction of sp³-hybridized carbons (Fsp3) is 0.125. The Morgan fingerprint density at radius 1 is 1.38 bits per heavy atom. The van der Waals surface area contributed by atoms with Gasteiger partial charge in [-0.05, 0) is 0 Å². The van der Waals surface area contributed by atoms with Gasteiger partial charge in [0.1, 0.15) is 5.69 Å². The summed E-state index contributed by atoms with van der Waals surface area (Å²) >= 11 is 4.08. The van der Waals surface area contributed by atoms with Crippen molar-refractivity contribution >= 4 is 12.6 Å². The van der Waals surface area contributed by atoms with Crippen LogP contribution >= 0.6 is 12.6 Å². The van der Waals surface area contributed by atoms with E-state index in [2.05, 4.69) is 27.8 Å². The number of hydrogen-bond acceptors (Lipinski definition) is 5. The third-order valence-corrected chi connectivity index (χ3v) is 1.86. The monoisotopic (exact) mass is 193 g/mol. The van der Waals surface area contributed by atoms with Crippen LogP contribution in [0.3, 0.4) is 0 Å². The van der Waals surface area contributed by atoms with Crippen LogP contribution in [0.4, 0.5) is 0 Å². The quantitative estimate of drug-likeness (QED) is 0.735. The summed E-state index contributed by atoms with van der Waals surface area (Å²) in [5.74, 6) is 1.18.